The van der Waals surface area contributed by atoms with Crippen molar-refractivity contribution in [2.45, 2.75) is 33.4 Å². The Hall–Kier alpha value is -0.300. The third-order valence-corrected chi connectivity index (χ3v) is 5.51. The normalized spacial score (nSPS) is 10.3. The highest BCUT2D eigenvalue weighted by atomic mass is 79.9. The van der Waals surface area contributed by atoms with Gasteiger partial charge in [0.15, 0.2) is 0 Å². The summed E-state index contributed by atoms with van der Waals surface area (Å²) in [6.07, 6.45) is 1.17. The summed E-state index contributed by atoms with van der Waals surface area (Å²) >= 11 is 7.28. The fraction of sp³-hybridized carbons (Fsp3) is 0.429. The van der Waals surface area contributed by atoms with E-state index in [1.807, 2.05) is 18.2 Å². The van der Waals surface area contributed by atoms with Crippen LogP contribution >= 0.6 is 56.7 Å². The topological polar surface area (TPSA) is 24.5 Å². The number of ether oxygens (including phenoxy) is 1. The van der Waals surface area contributed by atoms with Gasteiger partial charge < -0.3 is 15.0 Å². The van der Waals surface area contributed by atoms with Crippen LogP contribution in [0.5, 0.6) is 5.75 Å². The molecule has 0 bridgehead atoms. The highest BCUT2D eigenvalue weighted by Crippen LogP contribution is 2.35. The van der Waals surface area contributed by atoms with Gasteiger partial charge in [0.1, 0.15) is 12.4 Å². The van der Waals surface area contributed by atoms with Crippen LogP contribution in [0.2, 0.25) is 0 Å². The molecule has 0 heterocycles. The molecule has 7 heteroatoms. The summed E-state index contributed by atoms with van der Waals surface area (Å²) in [5.41, 5.74) is 2.39. The number of hydrogen-bond donors (Lipinski definition) is 1. The van der Waals surface area contributed by atoms with Crippen molar-refractivity contribution in [3.63, 3.8) is 0 Å². The maximum Gasteiger partial charge on any atom is 0.148 e. The standard InChI is InChI=1S/C21H28Br2N2O.2ClH/c1-3-25(4-2)12-8-11-24-15-18-13-19(22)21(20(23)14-18)26-16-17-9-6-5-7-10-17;;/h5-7,9-10,13-14,24H,3-4,8,11-12,15-16H2,1-2H3;2*1H. The van der Waals surface area contributed by atoms with Crippen molar-refractivity contribution in [3.05, 3.63) is 62.5 Å². The van der Waals surface area contributed by atoms with Crippen LogP contribution in [0.25, 0.3) is 0 Å². The lowest BCUT2D eigenvalue weighted by atomic mass is 10.2. The van der Waals surface area contributed by atoms with Gasteiger partial charge in [0.25, 0.3) is 0 Å². The van der Waals surface area contributed by atoms with Crippen LogP contribution in [0.3, 0.4) is 0 Å². The van der Waals surface area contributed by atoms with E-state index in [0.29, 0.717) is 6.61 Å². The smallest absolute Gasteiger partial charge is 0.148 e. The average molecular weight is 557 g/mol. The first-order valence-electron chi connectivity index (χ1n) is 9.21. The summed E-state index contributed by atoms with van der Waals surface area (Å²) < 4.78 is 7.93. The van der Waals surface area contributed by atoms with Gasteiger partial charge in [0, 0.05) is 6.54 Å². The number of hydrogen-bond acceptors (Lipinski definition) is 3. The molecule has 0 aliphatic carbocycles. The Morgan fingerprint density at radius 3 is 2.11 bits per heavy atom. The average Bonchev–Trinajstić information content (AvgIpc) is 2.65. The molecule has 2 aromatic carbocycles. The molecule has 0 aromatic heterocycles. The Bertz CT molecular complexity index is 648. The zero-order chi connectivity index (χ0) is 18.8. The van der Waals surface area contributed by atoms with E-state index >= 15 is 0 Å². The summed E-state index contributed by atoms with van der Waals surface area (Å²) in [5, 5.41) is 3.53. The second kappa shape index (κ2) is 15.5. The lowest BCUT2D eigenvalue weighted by Gasteiger charge is -2.17. The Morgan fingerprint density at radius 2 is 1.54 bits per heavy atom. The lowest BCUT2D eigenvalue weighted by molar-refractivity contribution is 0.298. The van der Waals surface area contributed by atoms with Crippen molar-refractivity contribution in [3.8, 4) is 5.75 Å². The number of nitrogens with zero attached hydrogens (tertiary/aromatic N) is 1. The SMILES string of the molecule is CCN(CC)CCCNCc1cc(Br)c(OCc2ccccc2)c(Br)c1.Cl.Cl. The van der Waals surface area contributed by atoms with Gasteiger partial charge in [-0.2, -0.15) is 0 Å². The Kier molecular flexibility index (Phi) is 15.4. The molecule has 0 saturated heterocycles. The third-order valence-electron chi connectivity index (χ3n) is 4.34. The molecule has 0 aliphatic rings. The summed E-state index contributed by atoms with van der Waals surface area (Å²) in [6.45, 7) is 10.3. The van der Waals surface area contributed by atoms with Gasteiger partial charge in [-0.25, -0.2) is 0 Å². The van der Waals surface area contributed by atoms with E-state index in [4.69, 9.17) is 4.74 Å². The van der Waals surface area contributed by atoms with Gasteiger partial charge in [0.2, 0.25) is 0 Å². The van der Waals surface area contributed by atoms with E-state index in [1.54, 1.807) is 0 Å². The van der Waals surface area contributed by atoms with Crippen LogP contribution in [-0.2, 0) is 13.2 Å². The molecule has 0 fully saturated rings. The van der Waals surface area contributed by atoms with Gasteiger partial charge >= 0.3 is 0 Å². The first kappa shape index (κ1) is 27.7. The van der Waals surface area contributed by atoms with Crippen molar-refractivity contribution < 1.29 is 4.74 Å². The van der Waals surface area contributed by atoms with E-state index in [1.165, 1.54) is 12.0 Å². The van der Waals surface area contributed by atoms with E-state index in [9.17, 15) is 0 Å². The van der Waals surface area contributed by atoms with E-state index in [-0.39, 0.29) is 24.8 Å². The molecule has 0 amide bonds. The van der Waals surface area contributed by atoms with Gasteiger partial charge in [-0.3, -0.25) is 0 Å². The fourth-order valence-electron chi connectivity index (χ4n) is 2.78. The van der Waals surface area contributed by atoms with Crippen LogP contribution in [-0.4, -0.2) is 31.1 Å². The monoisotopic (exact) mass is 554 g/mol. The predicted octanol–water partition coefficient (Wildman–Crippen LogP) is 6.46. The Morgan fingerprint density at radius 1 is 0.929 bits per heavy atom. The molecule has 0 atom stereocenters. The quantitative estimate of drug-likeness (QED) is 0.322. The molecule has 0 saturated carbocycles. The van der Waals surface area contributed by atoms with Crippen LogP contribution in [0.15, 0.2) is 51.4 Å². The minimum absolute atomic E-state index is 0. The second-order valence-electron chi connectivity index (χ2n) is 6.22. The van der Waals surface area contributed by atoms with Crippen LogP contribution in [0.4, 0.5) is 0 Å². The first-order valence-corrected chi connectivity index (χ1v) is 10.8. The van der Waals surface area contributed by atoms with Gasteiger partial charge in [0.05, 0.1) is 8.95 Å². The summed E-state index contributed by atoms with van der Waals surface area (Å²) in [6, 6.07) is 14.5. The molecule has 0 aliphatic heterocycles. The largest absolute Gasteiger partial charge is 0.487 e. The maximum absolute atomic E-state index is 5.98. The van der Waals surface area contributed by atoms with Crippen LogP contribution < -0.4 is 10.1 Å². The molecular formula is C21H30Br2Cl2N2O. The lowest BCUT2D eigenvalue weighted by Crippen LogP contribution is -2.27. The van der Waals surface area contributed by atoms with E-state index in [2.05, 4.69) is 80.2 Å². The van der Waals surface area contributed by atoms with Crippen molar-refractivity contribution in [1.82, 2.24) is 10.2 Å². The molecular weight excluding hydrogens is 527 g/mol. The summed E-state index contributed by atoms with van der Waals surface area (Å²) in [5.74, 6) is 0.846. The minimum atomic E-state index is 0. The first-order chi connectivity index (χ1) is 12.6. The van der Waals surface area contributed by atoms with Crippen molar-refractivity contribution in [2.24, 2.45) is 0 Å². The van der Waals surface area contributed by atoms with Gasteiger partial charge in [-0.15, -0.1) is 24.8 Å². The Balaban J connectivity index is 0.00000364. The highest BCUT2D eigenvalue weighted by Gasteiger charge is 2.09. The molecule has 2 rings (SSSR count). The zero-order valence-corrected chi connectivity index (χ0v) is 21.2. The third kappa shape index (κ3) is 9.47. The van der Waals surface area contributed by atoms with Gasteiger partial charge in [-0.05, 0) is 87.7 Å². The van der Waals surface area contributed by atoms with E-state index in [0.717, 1.165) is 53.0 Å². The molecule has 28 heavy (non-hydrogen) atoms. The number of benzene rings is 2. The number of halogens is 4. The van der Waals surface area contributed by atoms with Crippen molar-refractivity contribution in [1.29, 1.82) is 0 Å². The number of rotatable bonds is 11. The van der Waals surface area contributed by atoms with Crippen LogP contribution in [0.1, 0.15) is 31.4 Å². The molecule has 1 N–H and O–H groups in total. The molecule has 3 nitrogen and oxygen atoms in total. The molecule has 0 unspecified atom stereocenters. The maximum atomic E-state index is 5.98. The van der Waals surface area contributed by atoms with Crippen molar-refractivity contribution >= 4 is 56.7 Å². The minimum Gasteiger partial charge on any atom is -0.487 e. The van der Waals surface area contributed by atoms with Crippen molar-refractivity contribution in [2.75, 3.05) is 26.2 Å². The molecule has 0 radical (unpaired) electrons. The number of nitrogens with one attached hydrogen (secondary N) is 1. The molecule has 2 aromatic rings. The highest BCUT2D eigenvalue weighted by molar-refractivity contribution is 9.11. The fourth-order valence-corrected chi connectivity index (χ4v) is 4.29. The molecule has 158 valence electrons. The second-order valence-corrected chi connectivity index (χ2v) is 7.93. The summed E-state index contributed by atoms with van der Waals surface area (Å²) in [4.78, 5) is 2.45. The van der Waals surface area contributed by atoms with Gasteiger partial charge in [-0.1, -0.05) is 44.2 Å². The van der Waals surface area contributed by atoms with E-state index < -0.39 is 0 Å². The zero-order valence-electron chi connectivity index (χ0n) is 16.4. The molecule has 0 spiro atoms. The predicted molar refractivity (Wildman–Crippen MR) is 131 cm³/mol. The van der Waals surface area contributed by atoms with Crippen LogP contribution in [0, 0.1) is 0 Å². The Labute approximate surface area is 198 Å². The summed E-state index contributed by atoms with van der Waals surface area (Å²) in [7, 11) is 0.